The molecule has 2 aliphatic carbocycles. The van der Waals surface area contributed by atoms with Crippen LogP contribution in [0.4, 0.5) is 0 Å². The third-order valence-corrected chi connectivity index (χ3v) is 8.68. The van der Waals surface area contributed by atoms with Gasteiger partial charge in [0.1, 0.15) is 0 Å². The third kappa shape index (κ3) is 3.46. The Hall–Kier alpha value is 0.0969. The topological polar surface area (TPSA) is 27.7 Å². The third-order valence-electron chi connectivity index (χ3n) is 5.03. The van der Waals surface area contributed by atoms with Gasteiger partial charge in [0.05, 0.1) is 0 Å². The van der Waals surface area contributed by atoms with E-state index in [1.54, 1.807) is 0 Å². The fourth-order valence-corrected chi connectivity index (χ4v) is 7.83. The molecular formula is C16H32O3Si. The number of rotatable bonds is 7. The molecule has 0 radical (unpaired) electrons. The molecule has 2 aliphatic rings. The van der Waals surface area contributed by atoms with E-state index in [1.807, 2.05) is 0 Å². The first-order valence-corrected chi connectivity index (χ1v) is 10.5. The fraction of sp³-hybridized carbons (Fsp3) is 1.00. The molecule has 0 amide bonds. The molecule has 0 bridgehead atoms. The number of hydrogen-bond acceptors (Lipinski definition) is 3. The molecule has 3 unspecified atom stereocenters. The van der Waals surface area contributed by atoms with Crippen molar-refractivity contribution in [1.82, 2.24) is 0 Å². The van der Waals surface area contributed by atoms with Crippen LogP contribution in [0, 0.1) is 11.8 Å². The first kappa shape index (κ1) is 16.5. The minimum atomic E-state index is -2.46. The van der Waals surface area contributed by atoms with Crippen LogP contribution >= 0.6 is 0 Å². The molecule has 2 saturated carbocycles. The van der Waals surface area contributed by atoms with Gasteiger partial charge < -0.3 is 13.3 Å². The van der Waals surface area contributed by atoms with Gasteiger partial charge in [-0.25, -0.2) is 0 Å². The molecule has 3 nitrogen and oxygen atoms in total. The van der Waals surface area contributed by atoms with Gasteiger partial charge in [-0.2, -0.15) is 0 Å². The molecule has 0 heterocycles. The van der Waals surface area contributed by atoms with Gasteiger partial charge in [-0.1, -0.05) is 32.1 Å². The van der Waals surface area contributed by atoms with Crippen LogP contribution in [0.15, 0.2) is 0 Å². The zero-order valence-corrected chi connectivity index (χ0v) is 14.5. The molecule has 0 aliphatic heterocycles. The minimum absolute atomic E-state index is 0.561. The maximum atomic E-state index is 6.13. The largest absolute Gasteiger partial charge is 0.504 e. The quantitative estimate of drug-likeness (QED) is 0.652. The highest BCUT2D eigenvalue weighted by atomic mass is 28.4. The van der Waals surface area contributed by atoms with Gasteiger partial charge in [0.25, 0.3) is 0 Å². The summed E-state index contributed by atoms with van der Waals surface area (Å²) in [6.07, 6.45) is 9.68. The van der Waals surface area contributed by atoms with Gasteiger partial charge in [0.15, 0.2) is 0 Å². The van der Waals surface area contributed by atoms with E-state index in [2.05, 4.69) is 20.8 Å². The molecule has 118 valence electrons. The SMILES string of the molecule is CCO[Si](OCC)(OCC)C1CC2CCCCCCC21. The van der Waals surface area contributed by atoms with Crippen molar-refractivity contribution < 1.29 is 13.3 Å². The Morgan fingerprint density at radius 1 is 0.800 bits per heavy atom. The molecule has 0 aromatic carbocycles. The predicted molar refractivity (Wildman–Crippen MR) is 83.7 cm³/mol. The van der Waals surface area contributed by atoms with Gasteiger partial charge in [-0.3, -0.25) is 0 Å². The molecule has 20 heavy (non-hydrogen) atoms. The lowest BCUT2D eigenvalue weighted by Crippen LogP contribution is -2.58. The molecule has 0 spiro atoms. The van der Waals surface area contributed by atoms with E-state index in [-0.39, 0.29) is 0 Å². The lowest BCUT2D eigenvalue weighted by atomic mass is 9.67. The number of fused-ring (bicyclic) bond motifs is 1. The zero-order valence-electron chi connectivity index (χ0n) is 13.5. The van der Waals surface area contributed by atoms with Gasteiger partial charge in [-0.15, -0.1) is 0 Å². The molecule has 0 aromatic rings. The summed E-state index contributed by atoms with van der Waals surface area (Å²) in [4.78, 5) is 0. The Bertz CT molecular complexity index is 268. The van der Waals surface area contributed by atoms with Crippen molar-refractivity contribution >= 4 is 8.80 Å². The zero-order chi connectivity index (χ0) is 14.4. The van der Waals surface area contributed by atoms with Crippen molar-refractivity contribution in [2.45, 2.75) is 71.3 Å². The van der Waals surface area contributed by atoms with E-state index in [0.717, 1.165) is 11.8 Å². The summed E-state index contributed by atoms with van der Waals surface area (Å²) >= 11 is 0. The summed E-state index contributed by atoms with van der Waals surface area (Å²) in [5.41, 5.74) is 0.561. The maximum absolute atomic E-state index is 6.13. The van der Waals surface area contributed by atoms with Crippen LogP contribution in [-0.2, 0) is 13.3 Å². The summed E-state index contributed by atoms with van der Waals surface area (Å²) < 4.78 is 18.4. The summed E-state index contributed by atoms with van der Waals surface area (Å²) in [5.74, 6) is 1.71. The smallest absolute Gasteiger partial charge is 0.374 e. The van der Waals surface area contributed by atoms with Gasteiger partial charge in [-0.05, 0) is 45.4 Å². The second-order valence-electron chi connectivity index (χ2n) is 6.16. The molecule has 2 fully saturated rings. The van der Waals surface area contributed by atoms with Gasteiger partial charge >= 0.3 is 8.80 Å². The highest BCUT2D eigenvalue weighted by molar-refractivity contribution is 6.62. The van der Waals surface area contributed by atoms with Crippen molar-refractivity contribution in [3.63, 3.8) is 0 Å². The van der Waals surface area contributed by atoms with E-state index < -0.39 is 8.80 Å². The summed E-state index contributed by atoms with van der Waals surface area (Å²) in [5, 5.41) is 0. The Labute approximate surface area is 125 Å². The summed E-state index contributed by atoms with van der Waals surface area (Å²) in [6, 6.07) is 0. The van der Waals surface area contributed by atoms with Crippen LogP contribution in [0.2, 0.25) is 5.54 Å². The Morgan fingerprint density at radius 2 is 1.35 bits per heavy atom. The van der Waals surface area contributed by atoms with Gasteiger partial charge in [0.2, 0.25) is 0 Å². The van der Waals surface area contributed by atoms with Crippen LogP contribution in [0.5, 0.6) is 0 Å². The highest BCUT2D eigenvalue weighted by Gasteiger charge is 2.59. The standard InChI is InChI=1S/C16H32O3Si/c1-4-17-20(18-5-2,19-6-3)16-13-14-11-9-7-8-10-12-15(14)16/h14-16H,4-13H2,1-3H3. The average Bonchev–Trinajstić information content (AvgIpc) is 2.39. The Balaban J connectivity index is 2.07. The molecular weight excluding hydrogens is 268 g/mol. The fourth-order valence-electron chi connectivity index (χ4n) is 4.17. The second-order valence-corrected chi connectivity index (χ2v) is 8.97. The van der Waals surface area contributed by atoms with Crippen LogP contribution in [0.3, 0.4) is 0 Å². The monoisotopic (exact) mass is 300 g/mol. The van der Waals surface area contributed by atoms with Crippen molar-refractivity contribution in [3.05, 3.63) is 0 Å². The van der Waals surface area contributed by atoms with Crippen LogP contribution < -0.4 is 0 Å². The molecule has 0 N–H and O–H groups in total. The van der Waals surface area contributed by atoms with Crippen LogP contribution in [-0.4, -0.2) is 28.6 Å². The normalized spacial score (nSPS) is 31.1. The van der Waals surface area contributed by atoms with Crippen molar-refractivity contribution in [2.75, 3.05) is 19.8 Å². The molecule has 0 aromatic heterocycles. The average molecular weight is 301 g/mol. The van der Waals surface area contributed by atoms with Gasteiger partial charge in [0, 0.05) is 25.4 Å². The second kappa shape index (κ2) is 7.92. The maximum Gasteiger partial charge on any atom is 0.504 e. The molecule has 3 atom stereocenters. The van der Waals surface area contributed by atoms with E-state index in [0.29, 0.717) is 25.4 Å². The Morgan fingerprint density at radius 3 is 1.90 bits per heavy atom. The predicted octanol–water partition coefficient (Wildman–Crippen LogP) is 4.40. The van der Waals surface area contributed by atoms with Crippen molar-refractivity contribution in [3.8, 4) is 0 Å². The van der Waals surface area contributed by atoms with E-state index >= 15 is 0 Å². The first-order chi connectivity index (χ1) is 9.77. The van der Waals surface area contributed by atoms with E-state index in [1.165, 1.54) is 44.9 Å². The molecule has 2 rings (SSSR count). The van der Waals surface area contributed by atoms with E-state index in [9.17, 15) is 0 Å². The van der Waals surface area contributed by atoms with Crippen molar-refractivity contribution in [1.29, 1.82) is 0 Å². The molecule has 0 saturated heterocycles. The van der Waals surface area contributed by atoms with Crippen LogP contribution in [0.25, 0.3) is 0 Å². The number of hydrogen-bond donors (Lipinski definition) is 0. The lowest BCUT2D eigenvalue weighted by Gasteiger charge is -2.51. The minimum Gasteiger partial charge on any atom is -0.374 e. The first-order valence-electron chi connectivity index (χ1n) is 8.69. The van der Waals surface area contributed by atoms with E-state index in [4.69, 9.17) is 13.3 Å². The highest BCUT2D eigenvalue weighted by Crippen LogP contribution is 2.56. The van der Waals surface area contributed by atoms with Crippen LogP contribution in [0.1, 0.15) is 65.7 Å². The van der Waals surface area contributed by atoms with Crippen molar-refractivity contribution in [2.24, 2.45) is 11.8 Å². The molecule has 4 heteroatoms. The summed E-state index contributed by atoms with van der Waals surface area (Å²) in [7, 11) is -2.46. The Kier molecular flexibility index (Phi) is 6.52. The summed E-state index contributed by atoms with van der Waals surface area (Å²) in [6.45, 7) is 8.32. The lowest BCUT2D eigenvalue weighted by molar-refractivity contribution is 0.0108.